The average Bonchev–Trinajstić information content (AvgIpc) is 2.55. The van der Waals surface area contributed by atoms with E-state index in [1.54, 1.807) is 11.8 Å². The smallest absolute Gasteiger partial charge is 0.327 e. The number of hydrogen-bond acceptors (Lipinski definition) is 4. The molecular weight excluding hydrogens is 276 g/mol. The molecule has 1 unspecified atom stereocenters. The number of carboxylic acid groups (broad SMARTS) is 1. The normalized spacial score (nSPS) is 29.4. The molecule has 1 saturated heterocycles. The van der Waals surface area contributed by atoms with Crippen molar-refractivity contribution in [2.75, 3.05) is 11.5 Å². The molecule has 0 bridgehead atoms. The molecule has 2 aliphatic heterocycles. The van der Waals surface area contributed by atoms with Gasteiger partial charge in [0.25, 0.3) is 0 Å². The molecule has 106 valence electrons. The number of fused-ring (bicyclic) bond motifs is 3. The van der Waals surface area contributed by atoms with Gasteiger partial charge in [0.2, 0.25) is 5.91 Å². The lowest BCUT2D eigenvalue weighted by Gasteiger charge is -2.40. The molecule has 0 aromatic heterocycles. The summed E-state index contributed by atoms with van der Waals surface area (Å²) in [6.07, 6.45) is 0.471. The molecule has 3 rings (SSSR count). The topological polar surface area (TPSA) is 83.6 Å². The molecule has 1 aromatic carbocycles. The lowest BCUT2D eigenvalue weighted by Crippen LogP contribution is -2.55. The van der Waals surface area contributed by atoms with Crippen LogP contribution in [0.25, 0.3) is 0 Å². The van der Waals surface area contributed by atoms with E-state index in [-0.39, 0.29) is 11.9 Å². The Labute approximate surface area is 121 Å². The standard InChI is InChI=1S/C14H16N2O3S/c15-10-5-8-3-1-2-4-9(8)11-6-20-7-12(14(18)19)16(11)13(10)17/h1-4,10-12H,5-7,15H2,(H,18,19)/t10-,11?,12-/m0/s1. The molecule has 0 saturated carbocycles. The number of aliphatic carboxylic acids is 1. The van der Waals surface area contributed by atoms with Crippen LogP contribution in [0.5, 0.6) is 0 Å². The van der Waals surface area contributed by atoms with Crippen molar-refractivity contribution in [2.45, 2.75) is 24.5 Å². The summed E-state index contributed by atoms with van der Waals surface area (Å²) in [5, 5.41) is 9.37. The van der Waals surface area contributed by atoms with Crippen LogP contribution >= 0.6 is 11.8 Å². The maximum Gasteiger partial charge on any atom is 0.327 e. The van der Waals surface area contributed by atoms with E-state index >= 15 is 0 Å². The predicted octanol–water partition coefficient (Wildman–Crippen LogP) is 0.640. The summed E-state index contributed by atoms with van der Waals surface area (Å²) < 4.78 is 0. The summed E-state index contributed by atoms with van der Waals surface area (Å²) in [7, 11) is 0. The van der Waals surface area contributed by atoms with Gasteiger partial charge in [-0.3, -0.25) is 4.79 Å². The molecule has 6 heteroatoms. The zero-order valence-corrected chi connectivity index (χ0v) is 11.7. The molecular formula is C14H16N2O3S. The van der Waals surface area contributed by atoms with Gasteiger partial charge >= 0.3 is 5.97 Å². The van der Waals surface area contributed by atoms with Crippen LogP contribution in [0.15, 0.2) is 24.3 Å². The third-order valence-corrected chi connectivity index (χ3v) is 5.04. The van der Waals surface area contributed by atoms with Crippen molar-refractivity contribution in [3.05, 3.63) is 35.4 Å². The van der Waals surface area contributed by atoms with E-state index in [1.807, 2.05) is 24.3 Å². The van der Waals surface area contributed by atoms with E-state index in [4.69, 9.17) is 5.73 Å². The average molecular weight is 292 g/mol. The van der Waals surface area contributed by atoms with Crippen LogP contribution in [-0.2, 0) is 16.0 Å². The van der Waals surface area contributed by atoms with Crippen LogP contribution < -0.4 is 5.73 Å². The molecule has 1 aromatic rings. The highest BCUT2D eigenvalue weighted by Crippen LogP contribution is 2.37. The summed E-state index contributed by atoms with van der Waals surface area (Å²) in [6.45, 7) is 0. The van der Waals surface area contributed by atoms with Crippen molar-refractivity contribution in [1.29, 1.82) is 0 Å². The second-order valence-electron chi connectivity index (χ2n) is 5.16. The fourth-order valence-electron chi connectivity index (χ4n) is 2.97. The van der Waals surface area contributed by atoms with Crippen molar-refractivity contribution >= 4 is 23.6 Å². The summed E-state index contributed by atoms with van der Waals surface area (Å²) >= 11 is 1.58. The minimum atomic E-state index is -0.956. The van der Waals surface area contributed by atoms with Crippen LogP contribution in [0, 0.1) is 0 Å². The first-order valence-electron chi connectivity index (χ1n) is 6.55. The Balaban J connectivity index is 2.10. The van der Waals surface area contributed by atoms with Gasteiger partial charge < -0.3 is 15.7 Å². The van der Waals surface area contributed by atoms with Crippen molar-refractivity contribution < 1.29 is 14.7 Å². The second-order valence-corrected chi connectivity index (χ2v) is 6.24. The highest BCUT2D eigenvalue weighted by Gasteiger charge is 2.43. The lowest BCUT2D eigenvalue weighted by molar-refractivity contribution is -0.151. The largest absolute Gasteiger partial charge is 0.480 e. The van der Waals surface area contributed by atoms with Crippen molar-refractivity contribution in [3.63, 3.8) is 0 Å². The first-order valence-corrected chi connectivity index (χ1v) is 7.71. The maximum absolute atomic E-state index is 12.5. The van der Waals surface area contributed by atoms with Crippen LogP contribution in [-0.4, -0.2) is 45.5 Å². The third kappa shape index (κ3) is 2.09. The van der Waals surface area contributed by atoms with Gasteiger partial charge in [0.15, 0.2) is 0 Å². The Bertz CT molecular complexity index is 563. The van der Waals surface area contributed by atoms with Crippen LogP contribution in [0.3, 0.4) is 0 Å². The number of thioether (sulfide) groups is 1. The number of benzene rings is 1. The third-order valence-electron chi connectivity index (χ3n) is 3.93. The molecule has 1 amide bonds. The summed E-state index contributed by atoms with van der Waals surface area (Å²) in [5.41, 5.74) is 8.05. The minimum absolute atomic E-state index is 0.188. The van der Waals surface area contributed by atoms with Crippen LogP contribution in [0.4, 0.5) is 0 Å². The van der Waals surface area contributed by atoms with Gasteiger partial charge in [-0.25, -0.2) is 4.79 Å². The Morgan fingerprint density at radius 2 is 2.10 bits per heavy atom. The zero-order valence-electron chi connectivity index (χ0n) is 10.9. The molecule has 0 radical (unpaired) electrons. The number of carbonyl (C=O) groups excluding carboxylic acids is 1. The van der Waals surface area contributed by atoms with Crippen molar-refractivity contribution in [3.8, 4) is 0 Å². The summed E-state index contributed by atoms with van der Waals surface area (Å²) in [4.78, 5) is 25.4. The molecule has 2 aliphatic rings. The van der Waals surface area contributed by atoms with E-state index in [0.717, 1.165) is 16.9 Å². The molecule has 1 fully saturated rings. The molecule has 3 atom stereocenters. The van der Waals surface area contributed by atoms with Gasteiger partial charge in [-0.1, -0.05) is 24.3 Å². The van der Waals surface area contributed by atoms with Gasteiger partial charge in [-0.2, -0.15) is 11.8 Å². The molecule has 0 spiro atoms. The summed E-state index contributed by atoms with van der Waals surface area (Å²) in [6, 6.07) is 6.16. The molecule has 2 heterocycles. The van der Waals surface area contributed by atoms with Crippen LogP contribution in [0.2, 0.25) is 0 Å². The Morgan fingerprint density at radius 3 is 2.85 bits per heavy atom. The van der Waals surface area contributed by atoms with Gasteiger partial charge in [0.05, 0.1) is 12.1 Å². The van der Waals surface area contributed by atoms with E-state index in [2.05, 4.69) is 0 Å². The quantitative estimate of drug-likeness (QED) is 0.793. The zero-order chi connectivity index (χ0) is 14.3. The molecule has 0 aliphatic carbocycles. The highest BCUT2D eigenvalue weighted by atomic mass is 32.2. The first kappa shape index (κ1) is 13.5. The lowest BCUT2D eigenvalue weighted by atomic mass is 9.98. The first-order chi connectivity index (χ1) is 9.59. The fourth-order valence-corrected chi connectivity index (χ4v) is 4.19. The summed E-state index contributed by atoms with van der Waals surface area (Å²) in [5.74, 6) is -0.0628. The Hall–Kier alpha value is -1.53. The van der Waals surface area contributed by atoms with Gasteiger partial charge in [-0.15, -0.1) is 0 Å². The minimum Gasteiger partial charge on any atom is -0.480 e. The number of amides is 1. The number of carboxylic acids is 1. The molecule has 3 N–H and O–H groups in total. The Kier molecular flexibility index (Phi) is 3.43. The van der Waals surface area contributed by atoms with Crippen molar-refractivity contribution in [2.24, 2.45) is 5.73 Å². The molecule has 20 heavy (non-hydrogen) atoms. The monoisotopic (exact) mass is 292 g/mol. The Morgan fingerprint density at radius 1 is 1.35 bits per heavy atom. The van der Waals surface area contributed by atoms with Gasteiger partial charge in [-0.05, 0) is 17.5 Å². The van der Waals surface area contributed by atoms with Crippen molar-refractivity contribution in [1.82, 2.24) is 4.90 Å². The number of carbonyl (C=O) groups is 2. The van der Waals surface area contributed by atoms with Crippen LogP contribution in [0.1, 0.15) is 17.2 Å². The van der Waals surface area contributed by atoms with Gasteiger partial charge in [0, 0.05) is 11.5 Å². The fraction of sp³-hybridized carbons (Fsp3) is 0.429. The van der Waals surface area contributed by atoms with Gasteiger partial charge in [0.1, 0.15) is 6.04 Å². The van der Waals surface area contributed by atoms with E-state index < -0.39 is 18.1 Å². The maximum atomic E-state index is 12.5. The predicted molar refractivity (Wildman–Crippen MR) is 76.5 cm³/mol. The highest BCUT2D eigenvalue weighted by molar-refractivity contribution is 7.99. The van der Waals surface area contributed by atoms with E-state index in [1.165, 1.54) is 4.90 Å². The number of hydrogen-bond donors (Lipinski definition) is 2. The molecule has 5 nitrogen and oxygen atoms in total. The van der Waals surface area contributed by atoms with E-state index in [0.29, 0.717) is 12.2 Å². The SMILES string of the molecule is N[C@H]1Cc2ccccc2C2CSC[C@@H](C(=O)O)N2C1=O. The number of nitrogens with two attached hydrogens (primary N) is 1. The van der Waals surface area contributed by atoms with E-state index in [9.17, 15) is 14.7 Å². The number of rotatable bonds is 1. The second kappa shape index (κ2) is 5.10. The number of nitrogens with zero attached hydrogens (tertiary/aromatic N) is 1.